The summed E-state index contributed by atoms with van der Waals surface area (Å²) in [6.07, 6.45) is 4.65. The van der Waals surface area contributed by atoms with Gasteiger partial charge in [-0.25, -0.2) is 9.37 Å². The van der Waals surface area contributed by atoms with Gasteiger partial charge in [-0.15, -0.1) is 11.3 Å². The van der Waals surface area contributed by atoms with Crippen molar-refractivity contribution in [3.63, 3.8) is 0 Å². The van der Waals surface area contributed by atoms with E-state index in [0.29, 0.717) is 28.2 Å². The predicted octanol–water partition coefficient (Wildman–Crippen LogP) is 5.77. The van der Waals surface area contributed by atoms with Crippen molar-refractivity contribution in [2.75, 3.05) is 0 Å². The number of fused-ring (bicyclic) bond motifs is 3. The van der Waals surface area contributed by atoms with Crippen LogP contribution in [0, 0.1) is 5.82 Å². The van der Waals surface area contributed by atoms with E-state index in [2.05, 4.69) is 0 Å². The number of aromatic nitrogens is 2. The van der Waals surface area contributed by atoms with Gasteiger partial charge in [-0.2, -0.15) is 0 Å². The quantitative estimate of drug-likeness (QED) is 0.405. The van der Waals surface area contributed by atoms with E-state index in [1.165, 1.54) is 10.9 Å². The molecule has 0 fully saturated rings. The first-order chi connectivity index (χ1) is 14.6. The van der Waals surface area contributed by atoms with Gasteiger partial charge in [0, 0.05) is 21.9 Å². The summed E-state index contributed by atoms with van der Waals surface area (Å²) in [7, 11) is 0. The fraction of sp³-hybridized carbons (Fsp3) is 0.250. The summed E-state index contributed by atoms with van der Waals surface area (Å²) in [5.74, 6) is 0.226. The van der Waals surface area contributed by atoms with E-state index >= 15 is 0 Å². The average molecular weight is 439 g/mol. The standard InChI is InChI=1S/C24H20ClFN2OS/c25-18-10-6-11-19(26)17(18)14-28-21(13-15-7-2-1-3-8-15)27-23-22(24(28)29)16-9-4-5-12-20(16)30-23/h1-3,6-8,10-11H,4-5,9,12-14H2. The highest BCUT2D eigenvalue weighted by Gasteiger charge is 2.23. The number of aryl methyl sites for hydroxylation is 2. The maximum absolute atomic E-state index is 14.5. The van der Waals surface area contributed by atoms with Crippen molar-refractivity contribution >= 4 is 33.2 Å². The smallest absolute Gasteiger partial charge is 0.262 e. The lowest BCUT2D eigenvalue weighted by Gasteiger charge is -2.15. The van der Waals surface area contributed by atoms with Crippen LogP contribution in [0.3, 0.4) is 0 Å². The maximum atomic E-state index is 14.5. The van der Waals surface area contributed by atoms with Crippen LogP contribution in [-0.4, -0.2) is 9.55 Å². The lowest BCUT2D eigenvalue weighted by atomic mass is 9.97. The second-order valence-electron chi connectivity index (χ2n) is 7.67. The van der Waals surface area contributed by atoms with E-state index in [1.54, 1.807) is 28.0 Å². The Balaban J connectivity index is 1.72. The van der Waals surface area contributed by atoms with Crippen molar-refractivity contribution in [3.05, 3.63) is 97.1 Å². The Kier molecular flexibility index (Phi) is 5.17. The van der Waals surface area contributed by atoms with Gasteiger partial charge in [0.25, 0.3) is 5.56 Å². The first-order valence-corrected chi connectivity index (χ1v) is 11.3. The molecule has 2 aromatic carbocycles. The maximum Gasteiger partial charge on any atom is 0.262 e. The Morgan fingerprint density at radius 2 is 1.87 bits per heavy atom. The zero-order valence-electron chi connectivity index (χ0n) is 16.3. The molecule has 0 N–H and O–H groups in total. The molecule has 0 radical (unpaired) electrons. The van der Waals surface area contributed by atoms with Crippen LogP contribution in [0.25, 0.3) is 10.2 Å². The van der Waals surface area contributed by atoms with E-state index in [9.17, 15) is 9.18 Å². The SMILES string of the molecule is O=c1c2c3c(sc2nc(Cc2ccccc2)n1Cc1c(F)cccc1Cl)CCCC3. The molecule has 2 heterocycles. The molecule has 4 aromatic rings. The van der Waals surface area contributed by atoms with Crippen LogP contribution >= 0.6 is 22.9 Å². The molecule has 0 spiro atoms. The molecule has 0 aliphatic heterocycles. The average Bonchev–Trinajstić information content (AvgIpc) is 3.12. The highest BCUT2D eigenvalue weighted by atomic mass is 35.5. The minimum atomic E-state index is -0.410. The van der Waals surface area contributed by atoms with Crippen LogP contribution in [-0.2, 0) is 25.8 Å². The number of halogens is 2. The molecule has 5 rings (SSSR count). The van der Waals surface area contributed by atoms with E-state index in [0.717, 1.165) is 41.6 Å². The number of benzene rings is 2. The van der Waals surface area contributed by atoms with Gasteiger partial charge >= 0.3 is 0 Å². The lowest BCUT2D eigenvalue weighted by molar-refractivity contribution is 0.589. The minimum Gasteiger partial charge on any atom is -0.291 e. The molecule has 1 aliphatic rings. The Hall–Kier alpha value is -2.50. The Bertz CT molecular complexity index is 1280. The number of hydrogen-bond donors (Lipinski definition) is 0. The van der Waals surface area contributed by atoms with E-state index in [1.807, 2.05) is 30.3 Å². The van der Waals surface area contributed by atoms with Crippen LogP contribution in [0.1, 0.15) is 40.2 Å². The third kappa shape index (κ3) is 3.46. The normalized spacial score (nSPS) is 13.5. The van der Waals surface area contributed by atoms with Gasteiger partial charge in [0.15, 0.2) is 0 Å². The fourth-order valence-corrected chi connectivity index (χ4v) is 5.69. The van der Waals surface area contributed by atoms with Crippen molar-refractivity contribution in [2.45, 2.75) is 38.6 Å². The molecule has 0 amide bonds. The van der Waals surface area contributed by atoms with Gasteiger partial charge in [-0.1, -0.05) is 48.0 Å². The van der Waals surface area contributed by atoms with Gasteiger partial charge < -0.3 is 0 Å². The Morgan fingerprint density at radius 1 is 1.07 bits per heavy atom. The van der Waals surface area contributed by atoms with Gasteiger partial charge in [0.1, 0.15) is 16.5 Å². The molecule has 30 heavy (non-hydrogen) atoms. The molecular weight excluding hydrogens is 419 g/mol. The van der Waals surface area contributed by atoms with Crippen molar-refractivity contribution < 1.29 is 4.39 Å². The summed E-state index contributed by atoms with van der Waals surface area (Å²) in [6.45, 7) is 0.0695. The third-order valence-corrected chi connectivity index (χ3v) is 7.28. The van der Waals surface area contributed by atoms with E-state index in [-0.39, 0.29) is 12.1 Å². The molecule has 0 unspecified atom stereocenters. The number of nitrogens with zero attached hydrogens (tertiary/aromatic N) is 2. The molecule has 0 saturated heterocycles. The molecule has 152 valence electrons. The summed E-state index contributed by atoms with van der Waals surface area (Å²) in [4.78, 5) is 20.6. The van der Waals surface area contributed by atoms with Crippen LogP contribution in [0.4, 0.5) is 4.39 Å². The van der Waals surface area contributed by atoms with Gasteiger partial charge in [0.2, 0.25) is 0 Å². The summed E-state index contributed by atoms with van der Waals surface area (Å²) >= 11 is 7.92. The summed E-state index contributed by atoms with van der Waals surface area (Å²) in [6, 6.07) is 14.5. The van der Waals surface area contributed by atoms with Gasteiger partial charge in [-0.05, 0) is 48.9 Å². The summed E-state index contributed by atoms with van der Waals surface area (Å²) in [5.41, 5.74) is 2.42. The van der Waals surface area contributed by atoms with Gasteiger partial charge in [0.05, 0.1) is 11.9 Å². The van der Waals surface area contributed by atoms with E-state index < -0.39 is 5.82 Å². The topological polar surface area (TPSA) is 34.9 Å². The van der Waals surface area contributed by atoms with Crippen LogP contribution in [0.15, 0.2) is 53.3 Å². The summed E-state index contributed by atoms with van der Waals surface area (Å²) in [5, 5.41) is 1.03. The molecule has 0 bridgehead atoms. The molecule has 3 nitrogen and oxygen atoms in total. The van der Waals surface area contributed by atoms with Crippen LogP contribution in [0.2, 0.25) is 5.02 Å². The Labute approximate surface area is 182 Å². The monoisotopic (exact) mass is 438 g/mol. The second kappa shape index (κ2) is 7.97. The molecule has 2 aromatic heterocycles. The molecule has 6 heteroatoms. The minimum absolute atomic E-state index is 0.0695. The predicted molar refractivity (Wildman–Crippen MR) is 120 cm³/mol. The molecule has 0 saturated carbocycles. The molecule has 0 atom stereocenters. The van der Waals surface area contributed by atoms with Crippen LogP contribution in [0.5, 0.6) is 0 Å². The Morgan fingerprint density at radius 3 is 2.67 bits per heavy atom. The van der Waals surface area contributed by atoms with Crippen molar-refractivity contribution in [3.8, 4) is 0 Å². The zero-order valence-corrected chi connectivity index (χ0v) is 17.9. The first-order valence-electron chi connectivity index (χ1n) is 10.1. The largest absolute Gasteiger partial charge is 0.291 e. The van der Waals surface area contributed by atoms with Crippen molar-refractivity contribution in [1.29, 1.82) is 0 Å². The van der Waals surface area contributed by atoms with Crippen molar-refractivity contribution in [2.24, 2.45) is 0 Å². The third-order valence-electron chi connectivity index (χ3n) is 5.74. The fourth-order valence-electron chi connectivity index (χ4n) is 4.20. The molecule has 1 aliphatic carbocycles. The second-order valence-corrected chi connectivity index (χ2v) is 9.16. The van der Waals surface area contributed by atoms with Crippen molar-refractivity contribution in [1.82, 2.24) is 9.55 Å². The number of hydrogen-bond acceptors (Lipinski definition) is 3. The lowest BCUT2D eigenvalue weighted by Crippen LogP contribution is -2.27. The highest BCUT2D eigenvalue weighted by molar-refractivity contribution is 7.18. The number of thiophene rings is 1. The zero-order chi connectivity index (χ0) is 20.7. The number of rotatable bonds is 4. The molecular formula is C24H20ClFN2OS. The highest BCUT2D eigenvalue weighted by Crippen LogP contribution is 2.34. The first kappa shape index (κ1) is 19.5. The van der Waals surface area contributed by atoms with Gasteiger partial charge in [-0.3, -0.25) is 9.36 Å². The van der Waals surface area contributed by atoms with Crippen LogP contribution < -0.4 is 5.56 Å². The summed E-state index contributed by atoms with van der Waals surface area (Å²) < 4.78 is 16.1. The van der Waals surface area contributed by atoms with E-state index in [4.69, 9.17) is 16.6 Å².